The maximum Gasteiger partial charge on any atom is 0.508 e. The molecular weight excluding hydrogens is 396 g/mol. The summed E-state index contributed by atoms with van der Waals surface area (Å²) in [6.07, 6.45) is 10.7. The van der Waals surface area contributed by atoms with E-state index < -0.39 is 12.3 Å². The van der Waals surface area contributed by atoms with E-state index in [0.29, 0.717) is 36.9 Å². The summed E-state index contributed by atoms with van der Waals surface area (Å²) in [7, 11) is 0. The van der Waals surface area contributed by atoms with E-state index >= 15 is 0 Å². The van der Waals surface area contributed by atoms with E-state index in [9.17, 15) is 9.59 Å². The van der Waals surface area contributed by atoms with Crippen molar-refractivity contribution in [2.24, 2.45) is 34.5 Å². The summed E-state index contributed by atoms with van der Waals surface area (Å²) in [5, 5.41) is 0. The Bertz CT molecular complexity index is 719. The molecule has 0 spiro atoms. The van der Waals surface area contributed by atoms with Gasteiger partial charge in [-0.2, -0.15) is 0 Å². The number of allylic oxidation sites excluding steroid dienone is 1. The van der Waals surface area contributed by atoms with Crippen LogP contribution in [0.15, 0.2) is 12.2 Å². The molecule has 31 heavy (non-hydrogen) atoms. The van der Waals surface area contributed by atoms with E-state index in [1.165, 1.54) is 6.42 Å². The van der Waals surface area contributed by atoms with Crippen LogP contribution >= 0.6 is 0 Å². The maximum absolute atomic E-state index is 12.0. The second-order valence-corrected chi connectivity index (χ2v) is 10.4. The van der Waals surface area contributed by atoms with Crippen LogP contribution in [0.4, 0.5) is 9.59 Å². The Labute approximate surface area is 186 Å². The molecular formula is C25H38O6. The first-order chi connectivity index (χ1) is 14.8. The minimum absolute atomic E-state index is 0.0349. The van der Waals surface area contributed by atoms with Gasteiger partial charge in [-0.25, -0.2) is 9.59 Å². The first-order valence-electron chi connectivity index (χ1n) is 12.2. The zero-order valence-electron chi connectivity index (χ0n) is 19.4. The molecule has 0 aliphatic heterocycles. The number of ether oxygens (including phenoxy) is 4. The molecule has 4 rings (SSSR count). The molecule has 0 amide bonds. The van der Waals surface area contributed by atoms with Crippen molar-refractivity contribution in [1.29, 1.82) is 0 Å². The van der Waals surface area contributed by atoms with Crippen LogP contribution in [0.25, 0.3) is 0 Å². The Balaban J connectivity index is 1.47. The third kappa shape index (κ3) is 3.95. The van der Waals surface area contributed by atoms with Gasteiger partial charge in [0.25, 0.3) is 0 Å². The first kappa shape index (κ1) is 22.5. The maximum atomic E-state index is 12.0. The molecule has 0 radical (unpaired) electrons. The van der Waals surface area contributed by atoms with Crippen molar-refractivity contribution in [3.63, 3.8) is 0 Å². The van der Waals surface area contributed by atoms with E-state index in [4.69, 9.17) is 18.9 Å². The molecule has 0 N–H and O–H groups in total. The first-order valence-corrected chi connectivity index (χ1v) is 12.2. The molecule has 4 aliphatic carbocycles. The lowest BCUT2D eigenvalue weighted by Crippen LogP contribution is -2.53. The molecule has 0 bridgehead atoms. The molecule has 1 unspecified atom stereocenters. The smallest absolute Gasteiger partial charge is 0.435 e. The monoisotopic (exact) mass is 434 g/mol. The zero-order chi connectivity index (χ0) is 22.2. The van der Waals surface area contributed by atoms with E-state index in [2.05, 4.69) is 26.0 Å². The molecule has 6 nitrogen and oxygen atoms in total. The van der Waals surface area contributed by atoms with Gasteiger partial charge in [0.2, 0.25) is 0 Å². The number of carbonyl (C=O) groups excluding carboxylic acids is 2. The van der Waals surface area contributed by atoms with Gasteiger partial charge in [0.15, 0.2) is 0 Å². The van der Waals surface area contributed by atoms with Crippen molar-refractivity contribution in [2.45, 2.75) is 84.8 Å². The van der Waals surface area contributed by atoms with Crippen molar-refractivity contribution < 1.29 is 28.5 Å². The van der Waals surface area contributed by atoms with Crippen LogP contribution in [0.5, 0.6) is 0 Å². The molecule has 174 valence electrons. The summed E-state index contributed by atoms with van der Waals surface area (Å²) in [5.41, 5.74) is 0.184. The van der Waals surface area contributed by atoms with Crippen LogP contribution in [0, 0.1) is 34.5 Å². The lowest BCUT2D eigenvalue weighted by molar-refractivity contribution is -0.108. The largest absolute Gasteiger partial charge is 0.508 e. The Kier molecular flexibility index (Phi) is 6.28. The van der Waals surface area contributed by atoms with Crippen molar-refractivity contribution in [3.05, 3.63) is 12.2 Å². The fraction of sp³-hybridized carbons (Fsp3) is 0.840. The average Bonchev–Trinajstić information content (AvgIpc) is 3.05. The van der Waals surface area contributed by atoms with Gasteiger partial charge in [-0.05, 0) is 94.0 Å². The van der Waals surface area contributed by atoms with Gasteiger partial charge in [-0.3, -0.25) is 0 Å². The molecule has 0 heterocycles. The van der Waals surface area contributed by atoms with Crippen LogP contribution in [0.2, 0.25) is 0 Å². The van der Waals surface area contributed by atoms with Gasteiger partial charge in [0.1, 0.15) is 12.2 Å². The molecule has 3 saturated carbocycles. The van der Waals surface area contributed by atoms with Crippen molar-refractivity contribution in [3.8, 4) is 0 Å². The highest BCUT2D eigenvalue weighted by Crippen LogP contribution is 2.65. The van der Waals surface area contributed by atoms with Crippen LogP contribution in [0.1, 0.15) is 72.6 Å². The Hall–Kier alpha value is -1.72. The summed E-state index contributed by atoms with van der Waals surface area (Å²) < 4.78 is 21.3. The quantitative estimate of drug-likeness (QED) is 0.406. The summed E-state index contributed by atoms with van der Waals surface area (Å²) in [6.45, 7) is 9.03. The normalized spacial score (nSPS) is 43.2. The average molecular weight is 435 g/mol. The summed E-state index contributed by atoms with van der Waals surface area (Å²) >= 11 is 0. The predicted molar refractivity (Wildman–Crippen MR) is 115 cm³/mol. The number of rotatable bonds is 4. The Morgan fingerprint density at radius 1 is 0.903 bits per heavy atom. The van der Waals surface area contributed by atoms with Crippen LogP contribution in [-0.2, 0) is 18.9 Å². The second-order valence-electron chi connectivity index (χ2n) is 10.4. The minimum atomic E-state index is -0.568. The lowest BCUT2D eigenvalue weighted by atomic mass is 9.46. The predicted octanol–water partition coefficient (Wildman–Crippen LogP) is 5.89. The Morgan fingerprint density at radius 2 is 1.61 bits per heavy atom. The van der Waals surface area contributed by atoms with E-state index in [-0.39, 0.29) is 23.0 Å². The molecule has 3 fully saturated rings. The number of hydrogen-bond donors (Lipinski definition) is 0. The zero-order valence-corrected chi connectivity index (χ0v) is 19.4. The van der Waals surface area contributed by atoms with E-state index in [0.717, 1.165) is 38.5 Å². The van der Waals surface area contributed by atoms with Gasteiger partial charge in [0, 0.05) is 5.41 Å². The third-order valence-electron chi connectivity index (χ3n) is 9.07. The molecule has 4 aliphatic rings. The molecule has 0 aromatic rings. The summed E-state index contributed by atoms with van der Waals surface area (Å²) in [4.78, 5) is 23.8. The Morgan fingerprint density at radius 3 is 2.32 bits per heavy atom. The van der Waals surface area contributed by atoms with E-state index in [1.54, 1.807) is 6.92 Å². The van der Waals surface area contributed by atoms with Gasteiger partial charge in [-0.1, -0.05) is 19.9 Å². The highest BCUT2D eigenvalue weighted by atomic mass is 16.7. The van der Waals surface area contributed by atoms with Crippen LogP contribution < -0.4 is 0 Å². The van der Waals surface area contributed by atoms with Crippen LogP contribution in [-0.4, -0.2) is 37.7 Å². The fourth-order valence-electron chi connectivity index (χ4n) is 7.55. The van der Waals surface area contributed by atoms with Gasteiger partial charge >= 0.3 is 12.3 Å². The molecule has 0 saturated heterocycles. The molecule has 8 atom stereocenters. The van der Waals surface area contributed by atoms with E-state index in [1.807, 2.05) is 6.92 Å². The van der Waals surface area contributed by atoms with Gasteiger partial charge < -0.3 is 18.9 Å². The fourth-order valence-corrected chi connectivity index (χ4v) is 7.55. The molecule has 6 heteroatoms. The SMILES string of the molecule is CCOC(=O)OC1C=C[C@@]2(C)[C@@H](CC[C@@H]3[C@@H]2CC[C@]2(C)[C@@H](OC(=O)OCC)CC[C@@H]32)C1. The lowest BCUT2D eigenvalue weighted by Gasteiger charge is -2.59. The molecule has 0 aromatic carbocycles. The third-order valence-corrected chi connectivity index (χ3v) is 9.07. The van der Waals surface area contributed by atoms with Crippen molar-refractivity contribution in [1.82, 2.24) is 0 Å². The standard InChI is InChI=1S/C25H38O6/c1-5-28-22(26)30-17-11-13-24(3)16(15-17)7-8-18-19-9-10-21(31-23(27)29-6-2)25(19,4)14-12-20(18)24/h11,13,16-21H,5-10,12,14-15H2,1-4H3/t16-,17?,18-,19-,20-,21-,24-,25-/m0/s1. The second kappa shape index (κ2) is 8.67. The summed E-state index contributed by atoms with van der Waals surface area (Å²) in [6, 6.07) is 0. The summed E-state index contributed by atoms with van der Waals surface area (Å²) in [5.74, 6) is 2.40. The van der Waals surface area contributed by atoms with Gasteiger partial charge in [-0.15, -0.1) is 0 Å². The topological polar surface area (TPSA) is 71.1 Å². The number of hydrogen-bond acceptors (Lipinski definition) is 6. The van der Waals surface area contributed by atoms with Crippen LogP contribution in [0.3, 0.4) is 0 Å². The molecule has 0 aromatic heterocycles. The number of fused-ring (bicyclic) bond motifs is 5. The highest BCUT2D eigenvalue weighted by Gasteiger charge is 2.60. The minimum Gasteiger partial charge on any atom is -0.435 e. The highest BCUT2D eigenvalue weighted by molar-refractivity contribution is 5.60. The number of carbonyl (C=O) groups is 2. The van der Waals surface area contributed by atoms with Crippen molar-refractivity contribution in [2.75, 3.05) is 13.2 Å². The van der Waals surface area contributed by atoms with Crippen molar-refractivity contribution >= 4 is 12.3 Å². The van der Waals surface area contributed by atoms with Gasteiger partial charge in [0.05, 0.1) is 13.2 Å².